The van der Waals surface area contributed by atoms with Crippen molar-refractivity contribution in [3.05, 3.63) is 71.7 Å². The van der Waals surface area contributed by atoms with E-state index in [1.807, 2.05) is 42.5 Å². The Morgan fingerprint density at radius 3 is 2.70 bits per heavy atom. The van der Waals surface area contributed by atoms with Crippen molar-refractivity contribution in [3.63, 3.8) is 0 Å². The average molecular weight is 266 g/mol. The molecule has 3 heteroatoms. The molecule has 1 aromatic heterocycles. The minimum Gasteiger partial charge on any atom is -0.455 e. The van der Waals surface area contributed by atoms with Crippen molar-refractivity contribution >= 4 is 16.6 Å². The molecule has 0 aliphatic carbocycles. The van der Waals surface area contributed by atoms with Crippen molar-refractivity contribution in [2.45, 2.75) is 6.61 Å². The van der Waals surface area contributed by atoms with Gasteiger partial charge in [-0.3, -0.25) is 4.79 Å². The molecule has 0 aliphatic rings. The maximum atomic E-state index is 12.5. The fraction of sp³-hybridized carbons (Fsp3) is 0.118. The van der Waals surface area contributed by atoms with Gasteiger partial charge in [0, 0.05) is 12.7 Å². The van der Waals surface area contributed by atoms with E-state index in [0.717, 1.165) is 10.8 Å². The Labute approximate surface area is 116 Å². The lowest BCUT2D eigenvalue weighted by molar-refractivity contribution is 0.100. The van der Waals surface area contributed by atoms with E-state index >= 15 is 0 Å². The fourth-order valence-electron chi connectivity index (χ4n) is 2.28. The standard InChI is InChI=1S/C17H14O3/c1-19-11-13-9-10-16(20-13)17(18)15-8-4-6-12-5-2-3-7-14(12)15/h2-10H,11H2,1H3. The summed E-state index contributed by atoms with van der Waals surface area (Å²) in [5, 5.41) is 1.98. The van der Waals surface area contributed by atoms with Gasteiger partial charge in [-0.2, -0.15) is 0 Å². The van der Waals surface area contributed by atoms with Crippen LogP contribution >= 0.6 is 0 Å². The molecule has 1 heterocycles. The number of hydrogen-bond acceptors (Lipinski definition) is 3. The van der Waals surface area contributed by atoms with Gasteiger partial charge in [0.05, 0.1) is 0 Å². The van der Waals surface area contributed by atoms with E-state index in [4.69, 9.17) is 9.15 Å². The summed E-state index contributed by atoms with van der Waals surface area (Å²) < 4.78 is 10.5. The van der Waals surface area contributed by atoms with Crippen LogP contribution in [0.15, 0.2) is 59.0 Å². The van der Waals surface area contributed by atoms with E-state index in [1.54, 1.807) is 19.2 Å². The van der Waals surface area contributed by atoms with Gasteiger partial charge in [-0.05, 0) is 22.9 Å². The van der Waals surface area contributed by atoms with Gasteiger partial charge in [-0.1, -0.05) is 42.5 Å². The van der Waals surface area contributed by atoms with Crippen LogP contribution in [0.2, 0.25) is 0 Å². The van der Waals surface area contributed by atoms with Crippen molar-refractivity contribution in [1.82, 2.24) is 0 Å². The zero-order valence-electron chi connectivity index (χ0n) is 11.1. The summed E-state index contributed by atoms with van der Waals surface area (Å²) in [5.74, 6) is 0.883. The number of ether oxygens (including phenoxy) is 1. The molecule has 0 spiro atoms. The second kappa shape index (κ2) is 5.31. The molecule has 100 valence electrons. The monoisotopic (exact) mass is 266 g/mol. The van der Waals surface area contributed by atoms with Crippen molar-refractivity contribution in [1.29, 1.82) is 0 Å². The smallest absolute Gasteiger partial charge is 0.228 e. The quantitative estimate of drug-likeness (QED) is 0.674. The van der Waals surface area contributed by atoms with Crippen LogP contribution in [0, 0.1) is 0 Å². The highest BCUT2D eigenvalue weighted by Crippen LogP contribution is 2.22. The number of carbonyl (C=O) groups excluding carboxylic acids is 1. The molecule has 0 amide bonds. The third-order valence-corrected chi connectivity index (χ3v) is 3.21. The van der Waals surface area contributed by atoms with Gasteiger partial charge in [0.1, 0.15) is 12.4 Å². The number of carbonyl (C=O) groups is 1. The normalized spacial score (nSPS) is 10.8. The molecule has 3 nitrogen and oxygen atoms in total. The van der Waals surface area contributed by atoms with Crippen molar-refractivity contribution in [2.24, 2.45) is 0 Å². The summed E-state index contributed by atoms with van der Waals surface area (Å²) in [6.45, 7) is 0.364. The van der Waals surface area contributed by atoms with Crippen molar-refractivity contribution < 1.29 is 13.9 Å². The molecule has 0 aliphatic heterocycles. The van der Waals surface area contributed by atoms with E-state index in [1.165, 1.54) is 0 Å². The van der Waals surface area contributed by atoms with Crippen LogP contribution in [-0.2, 0) is 11.3 Å². The number of fused-ring (bicyclic) bond motifs is 1. The number of furan rings is 1. The Kier molecular flexibility index (Phi) is 3.35. The first-order valence-electron chi connectivity index (χ1n) is 6.39. The number of hydrogen-bond donors (Lipinski definition) is 0. The zero-order valence-corrected chi connectivity index (χ0v) is 11.1. The first-order valence-corrected chi connectivity index (χ1v) is 6.39. The Morgan fingerprint density at radius 1 is 1.05 bits per heavy atom. The van der Waals surface area contributed by atoms with Crippen LogP contribution in [0.25, 0.3) is 10.8 Å². The van der Waals surface area contributed by atoms with Crippen LogP contribution in [0.5, 0.6) is 0 Å². The molecule has 2 aromatic carbocycles. The van der Waals surface area contributed by atoms with Crippen molar-refractivity contribution in [3.8, 4) is 0 Å². The molecule has 0 radical (unpaired) electrons. The predicted octanol–water partition coefficient (Wildman–Crippen LogP) is 3.81. The molecule has 0 saturated carbocycles. The summed E-state index contributed by atoms with van der Waals surface area (Å²) in [6, 6.07) is 17.0. The molecule has 3 rings (SSSR count). The second-order valence-electron chi connectivity index (χ2n) is 4.55. The van der Waals surface area contributed by atoms with Gasteiger partial charge in [0.15, 0.2) is 5.76 Å². The Morgan fingerprint density at radius 2 is 1.85 bits per heavy atom. The maximum Gasteiger partial charge on any atom is 0.228 e. The van der Waals surface area contributed by atoms with Gasteiger partial charge >= 0.3 is 0 Å². The minimum atomic E-state index is -0.107. The maximum absolute atomic E-state index is 12.5. The first-order chi connectivity index (χ1) is 9.79. The summed E-state index contributed by atoms with van der Waals surface area (Å²) >= 11 is 0. The van der Waals surface area contributed by atoms with E-state index < -0.39 is 0 Å². The molecular formula is C17H14O3. The number of methoxy groups -OCH3 is 1. The molecule has 0 bridgehead atoms. The van der Waals surface area contributed by atoms with Gasteiger partial charge < -0.3 is 9.15 Å². The third kappa shape index (κ3) is 2.24. The third-order valence-electron chi connectivity index (χ3n) is 3.21. The highest BCUT2D eigenvalue weighted by molar-refractivity contribution is 6.15. The topological polar surface area (TPSA) is 39.4 Å². The summed E-state index contributed by atoms with van der Waals surface area (Å²) in [6.07, 6.45) is 0. The molecular weight excluding hydrogens is 252 g/mol. The molecule has 0 N–H and O–H groups in total. The lowest BCUT2D eigenvalue weighted by Crippen LogP contribution is -2.00. The first kappa shape index (κ1) is 12.6. The Hall–Kier alpha value is -2.39. The van der Waals surface area contributed by atoms with Gasteiger partial charge in [0.2, 0.25) is 5.78 Å². The number of ketones is 1. The van der Waals surface area contributed by atoms with Gasteiger partial charge in [-0.15, -0.1) is 0 Å². The van der Waals surface area contributed by atoms with E-state index in [9.17, 15) is 4.79 Å². The average Bonchev–Trinajstić information content (AvgIpc) is 2.95. The van der Waals surface area contributed by atoms with Crippen molar-refractivity contribution in [2.75, 3.05) is 7.11 Å². The SMILES string of the molecule is COCc1ccc(C(=O)c2cccc3ccccc23)o1. The summed E-state index contributed by atoms with van der Waals surface area (Å²) in [4.78, 5) is 12.5. The fourth-order valence-corrected chi connectivity index (χ4v) is 2.28. The summed E-state index contributed by atoms with van der Waals surface area (Å²) in [7, 11) is 1.59. The molecule has 0 saturated heterocycles. The molecule has 3 aromatic rings. The number of benzene rings is 2. The lowest BCUT2D eigenvalue weighted by atomic mass is 10.0. The predicted molar refractivity (Wildman–Crippen MR) is 76.8 cm³/mol. The van der Waals surface area contributed by atoms with Crippen LogP contribution in [-0.4, -0.2) is 12.9 Å². The second-order valence-corrected chi connectivity index (χ2v) is 4.55. The highest BCUT2D eigenvalue weighted by atomic mass is 16.5. The van der Waals surface area contributed by atoms with Gasteiger partial charge in [0.25, 0.3) is 0 Å². The summed E-state index contributed by atoms with van der Waals surface area (Å²) in [5.41, 5.74) is 0.654. The van der Waals surface area contributed by atoms with E-state index in [-0.39, 0.29) is 5.78 Å². The van der Waals surface area contributed by atoms with Crippen LogP contribution in [0.4, 0.5) is 0 Å². The Bertz CT molecular complexity index is 750. The zero-order chi connectivity index (χ0) is 13.9. The molecule has 0 atom stereocenters. The molecule has 0 unspecified atom stereocenters. The van der Waals surface area contributed by atoms with E-state index in [2.05, 4.69) is 0 Å². The van der Waals surface area contributed by atoms with Crippen LogP contribution in [0.3, 0.4) is 0 Å². The molecule has 0 fully saturated rings. The number of rotatable bonds is 4. The largest absolute Gasteiger partial charge is 0.455 e. The van der Waals surface area contributed by atoms with Crippen LogP contribution < -0.4 is 0 Å². The van der Waals surface area contributed by atoms with Crippen LogP contribution in [0.1, 0.15) is 21.9 Å². The minimum absolute atomic E-state index is 0.107. The van der Waals surface area contributed by atoms with E-state index in [0.29, 0.717) is 23.7 Å². The highest BCUT2D eigenvalue weighted by Gasteiger charge is 2.16. The van der Waals surface area contributed by atoms with Gasteiger partial charge in [-0.25, -0.2) is 0 Å². The lowest BCUT2D eigenvalue weighted by Gasteiger charge is -2.03. The Balaban J connectivity index is 2.03. The molecule has 20 heavy (non-hydrogen) atoms.